The predicted molar refractivity (Wildman–Crippen MR) is 57.8 cm³/mol. The molecule has 3 nitrogen and oxygen atoms in total. The van der Waals surface area contributed by atoms with E-state index < -0.39 is 0 Å². The highest BCUT2D eigenvalue weighted by Gasteiger charge is 2.23. The fraction of sp³-hybridized carbons (Fsp3) is 0.455. The van der Waals surface area contributed by atoms with Gasteiger partial charge in [-0.2, -0.15) is 0 Å². The normalized spacial score (nSPS) is 15.5. The van der Waals surface area contributed by atoms with Crippen molar-refractivity contribution in [3.63, 3.8) is 0 Å². The lowest BCUT2D eigenvalue weighted by Gasteiger charge is -2.14. The Morgan fingerprint density at radius 2 is 2.27 bits per heavy atom. The van der Waals surface area contributed by atoms with Crippen LogP contribution in [0, 0.1) is 6.92 Å². The predicted octanol–water partition coefficient (Wildman–Crippen LogP) is 2.47. The molecule has 0 fully saturated rings. The van der Waals surface area contributed by atoms with Crippen LogP contribution in [-0.4, -0.2) is 18.5 Å². The number of hydrogen-bond donors (Lipinski definition) is 1. The fourth-order valence-corrected chi connectivity index (χ4v) is 1.98. The molecular weight excluding hydrogens is 216 g/mol. The lowest BCUT2D eigenvalue weighted by molar-refractivity contribution is 0.174. The first kappa shape index (κ1) is 10.6. The standard InChI is InChI=1S/C11H13ClO3/c1-6(4-13)8-3-9-11(15-5-14-9)10(12)7(8)2/h3,6,13H,4-5H2,1-2H3. The molecule has 0 aromatic heterocycles. The molecule has 4 heteroatoms. The highest BCUT2D eigenvalue weighted by Crippen LogP contribution is 2.43. The van der Waals surface area contributed by atoms with Crippen LogP contribution in [0.4, 0.5) is 0 Å². The minimum absolute atomic E-state index is 0.0528. The average molecular weight is 229 g/mol. The number of aliphatic hydroxyl groups excluding tert-OH is 1. The summed E-state index contributed by atoms with van der Waals surface area (Å²) >= 11 is 6.16. The Labute approximate surface area is 93.6 Å². The summed E-state index contributed by atoms with van der Waals surface area (Å²) in [6, 6.07) is 1.89. The van der Waals surface area contributed by atoms with Gasteiger partial charge in [0.25, 0.3) is 0 Å². The molecule has 1 aliphatic rings. The Morgan fingerprint density at radius 3 is 2.93 bits per heavy atom. The lowest BCUT2D eigenvalue weighted by atomic mass is 9.96. The van der Waals surface area contributed by atoms with Gasteiger partial charge in [0, 0.05) is 12.5 Å². The van der Waals surface area contributed by atoms with E-state index >= 15 is 0 Å². The zero-order valence-electron chi connectivity index (χ0n) is 8.71. The molecule has 0 bridgehead atoms. The van der Waals surface area contributed by atoms with Crippen molar-refractivity contribution in [1.82, 2.24) is 0 Å². The molecule has 82 valence electrons. The van der Waals surface area contributed by atoms with Gasteiger partial charge >= 0.3 is 0 Å². The first-order valence-corrected chi connectivity index (χ1v) is 5.22. The molecule has 1 aliphatic heterocycles. The van der Waals surface area contributed by atoms with Gasteiger partial charge in [0.1, 0.15) is 0 Å². The number of halogens is 1. The molecule has 1 unspecified atom stereocenters. The summed E-state index contributed by atoms with van der Waals surface area (Å²) < 4.78 is 10.5. The van der Waals surface area contributed by atoms with Crippen molar-refractivity contribution in [2.24, 2.45) is 0 Å². The molecule has 1 N–H and O–H groups in total. The van der Waals surface area contributed by atoms with E-state index in [4.69, 9.17) is 26.2 Å². The zero-order chi connectivity index (χ0) is 11.0. The second kappa shape index (κ2) is 3.91. The molecule has 1 aromatic rings. The van der Waals surface area contributed by atoms with Gasteiger partial charge in [0.05, 0.1) is 5.02 Å². The molecule has 1 atom stereocenters. The van der Waals surface area contributed by atoms with Gasteiger partial charge in [-0.15, -0.1) is 0 Å². The van der Waals surface area contributed by atoms with Crippen LogP contribution >= 0.6 is 11.6 Å². The summed E-state index contributed by atoms with van der Waals surface area (Å²) in [4.78, 5) is 0. The summed E-state index contributed by atoms with van der Waals surface area (Å²) in [7, 11) is 0. The number of benzene rings is 1. The highest BCUT2D eigenvalue weighted by molar-refractivity contribution is 6.33. The van der Waals surface area contributed by atoms with E-state index in [2.05, 4.69) is 0 Å². The van der Waals surface area contributed by atoms with Crippen LogP contribution in [0.15, 0.2) is 6.07 Å². The van der Waals surface area contributed by atoms with Gasteiger partial charge in [0.15, 0.2) is 11.5 Å². The van der Waals surface area contributed by atoms with E-state index in [9.17, 15) is 0 Å². The highest BCUT2D eigenvalue weighted by atomic mass is 35.5. The Morgan fingerprint density at radius 1 is 1.53 bits per heavy atom. The Balaban J connectivity index is 2.54. The third kappa shape index (κ3) is 1.66. The van der Waals surface area contributed by atoms with Crippen molar-refractivity contribution in [1.29, 1.82) is 0 Å². The van der Waals surface area contributed by atoms with E-state index in [1.165, 1.54) is 0 Å². The molecule has 0 spiro atoms. The summed E-state index contributed by atoms with van der Waals surface area (Å²) in [6.45, 7) is 4.18. The molecule has 1 heterocycles. The van der Waals surface area contributed by atoms with Gasteiger partial charge in [-0.3, -0.25) is 0 Å². The fourth-order valence-electron chi connectivity index (χ4n) is 1.72. The average Bonchev–Trinajstić information content (AvgIpc) is 2.70. The van der Waals surface area contributed by atoms with Gasteiger partial charge < -0.3 is 14.6 Å². The van der Waals surface area contributed by atoms with E-state index in [-0.39, 0.29) is 19.3 Å². The van der Waals surface area contributed by atoms with Gasteiger partial charge in [-0.05, 0) is 24.1 Å². The minimum atomic E-state index is 0.0528. The third-order valence-corrected chi connectivity index (χ3v) is 3.15. The molecule has 0 saturated carbocycles. The number of hydrogen-bond acceptors (Lipinski definition) is 3. The maximum absolute atomic E-state index is 9.14. The topological polar surface area (TPSA) is 38.7 Å². The smallest absolute Gasteiger partial charge is 0.231 e. The molecule has 2 rings (SSSR count). The first-order chi connectivity index (χ1) is 7.15. The number of rotatable bonds is 2. The van der Waals surface area contributed by atoms with Crippen molar-refractivity contribution in [2.45, 2.75) is 19.8 Å². The van der Waals surface area contributed by atoms with Crippen LogP contribution in [0.5, 0.6) is 11.5 Å². The molecule has 0 amide bonds. The van der Waals surface area contributed by atoms with Crippen molar-refractivity contribution in [3.8, 4) is 11.5 Å². The second-order valence-electron chi connectivity index (χ2n) is 3.72. The van der Waals surface area contributed by atoms with Crippen molar-refractivity contribution in [2.75, 3.05) is 13.4 Å². The quantitative estimate of drug-likeness (QED) is 0.845. The largest absolute Gasteiger partial charge is 0.454 e. The zero-order valence-corrected chi connectivity index (χ0v) is 9.47. The van der Waals surface area contributed by atoms with Crippen LogP contribution in [-0.2, 0) is 0 Å². The molecule has 0 aliphatic carbocycles. The lowest BCUT2D eigenvalue weighted by Crippen LogP contribution is -2.02. The Hall–Kier alpha value is -0.930. The van der Waals surface area contributed by atoms with E-state index in [0.717, 1.165) is 11.1 Å². The van der Waals surface area contributed by atoms with Crippen LogP contribution in [0.25, 0.3) is 0 Å². The van der Waals surface area contributed by atoms with E-state index in [0.29, 0.717) is 16.5 Å². The van der Waals surface area contributed by atoms with Crippen LogP contribution < -0.4 is 9.47 Å². The number of fused-ring (bicyclic) bond motifs is 1. The Kier molecular flexibility index (Phi) is 2.76. The summed E-state index contributed by atoms with van der Waals surface area (Å²) in [5, 5.41) is 9.72. The minimum Gasteiger partial charge on any atom is -0.454 e. The van der Waals surface area contributed by atoms with Crippen LogP contribution in [0.2, 0.25) is 5.02 Å². The van der Waals surface area contributed by atoms with Crippen molar-refractivity contribution < 1.29 is 14.6 Å². The van der Waals surface area contributed by atoms with E-state index in [1.54, 1.807) is 0 Å². The number of aliphatic hydroxyl groups is 1. The summed E-state index contributed by atoms with van der Waals surface area (Å²) in [5.74, 6) is 1.33. The SMILES string of the molecule is Cc1c(C(C)CO)cc2c(c1Cl)OCO2. The molecule has 0 radical (unpaired) electrons. The van der Waals surface area contributed by atoms with Gasteiger partial charge in [-0.25, -0.2) is 0 Å². The summed E-state index contributed by atoms with van der Waals surface area (Å²) in [5.41, 5.74) is 1.95. The molecule has 1 aromatic carbocycles. The van der Waals surface area contributed by atoms with Crippen molar-refractivity contribution >= 4 is 11.6 Å². The second-order valence-corrected chi connectivity index (χ2v) is 4.10. The number of ether oxygens (including phenoxy) is 2. The molecular formula is C11H13ClO3. The maximum Gasteiger partial charge on any atom is 0.231 e. The van der Waals surface area contributed by atoms with Crippen LogP contribution in [0.1, 0.15) is 24.0 Å². The maximum atomic E-state index is 9.14. The van der Waals surface area contributed by atoms with Crippen molar-refractivity contribution in [3.05, 3.63) is 22.2 Å². The monoisotopic (exact) mass is 228 g/mol. The van der Waals surface area contributed by atoms with Crippen LogP contribution in [0.3, 0.4) is 0 Å². The summed E-state index contributed by atoms with van der Waals surface area (Å²) in [6.07, 6.45) is 0. The third-order valence-electron chi connectivity index (χ3n) is 2.69. The van der Waals surface area contributed by atoms with Gasteiger partial charge in [-0.1, -0.05) is 18.5 Å². The molecule has 0 saturated heterocycles. The van der Waals surface area contributed by atoms with E-state index in [1.807, 2.05) is 19.9 Å². The molecule has 15 heavy (non-hydrogen) atoms. The van der Waals surface area contributed by atoms with Gasteiger partial charge in [0.2, 0.25) is 6.79 Å². The Bertz CT molecular complexity index is 390. The first-order valence-electron chi connectivity index (χ1n) is 4.84.